The van der Waals surface area contributed by atoms with Crippen molar-refractivity contribution in [3.8, 4) is 5.75 Å². The summed E-state index contributed by atoms with van der Waals surface area (Å²) >= 11 is 0. The molecule has 1 aromatic carbocycles. The molecule has 0 saturated heterocycles. The second-order valence-corrected chi connectivity index (χ2v) is 8.40. The summed E-state index contributed by atoms with van der Waals surface area (Å²) in [6.45, 7) is 5.41. The number of unbranched alkanes of at least 4 members (excludes halogenated alkanes) is 7. The van der Waals surface area contributed by atoms with E-state index in [0.29, 0.717) is 0 Å². The van der Waals surface area contributed by atoms with Crippen LogP contribution >= 0.6 is 0 Å². The molecule has 0 unspecified atom stereocenters. The number of rotatable bonds is 13. The molecular weight excluding hydrogens is 316 g/mol. The van der Waals surface area contributed by atoms with E-state index in [4.69, 9.17) is 4.74 Å². The van der Waals surface area contributed by atoms with Crippen LogP contribution in [0.3, 0.4) is 0 Å². The van der Waals surface area contributed by atoms with E-state index in [-0.39, 0.29) is 0 Å². The third-order valence-corrected chi connectivity index (χ3v) is 6.18. The standard InChI is InChI=1S/C25H42O/c1-3-5-7-9-10-12-22-13-15-23(16-14-22)24-17-19-25(20-18-24)26-21-11-8-6-4-2/h17-20,22-23H,3-16,21H2,1-2H3. The van der Waals surface area contributed by atoms with Crippen LogP contribution in [-0.4, -0.2) is 6.61 Å². The first-order chi connectivity index (χ1) is 12.8. The second kappa shape index (κ2) is 13.2. The Kier molecular flexibility index (Phi) is 10.8. The van der Waals surface area contributed by atoms with Crippen LogP contribution in [0.25, 0.3) is 0 Å². The van der Waals surface area contributed by atoms with Crippen LogP contribution in [0.5, 0.6) is 5.75 Å². The van der Waals surface area contributed by atoms with Gasteiger partial charge in [0.05, 0.1) is 6.61 Å². The van der Waals surface area contributed by atoms with Gasteiger partial charge in [-0.2, -0.15) is 0 Å². The molecule has 0 aromatic heterocycles. The maximum Gasteiger partial charge on any atom is 0.119 e. The van der Waals surface area contributed by atoms with Gasteiger partial charge in [0, 0.05) is 0 Å². The van der Waals surface area contributed by atoms with E-state index in [1.165, 1.54) is 95.5 Å². The van der Waals surface area contributed by atoms with E-state index in [9.17, 15) is 0 Å². The van der Waals surface area contributed by atoms with Crippen LogP contribution in [0.2, 0.25) is 0 Å². The minimum Gasteiger partial charge on any atom is -0.494 e. The van der Waals surface area contributed by atoms with E-state index >= 15 is 0 Å². The first kappa shape index (κ1) is 21.3. The molecule has 0 spiro atoms. The fourth-order valence-corrected chi connectivity index (χ4v) is 4.38. The molecular formula is C25H42O. The molecule has 1 saturated carbocycles. The smallest absolute Gasteiger partial charge is 0.119 e. The van der Waals surface area contributed by atoms with Crippen molar-refractivity contribution in [2.45, 2.75) is 110 Å². The van der Waals surface area contributed by atoms with Gasteiger partial charge in [-0.05, 0) is 61.6 Å². The molecule has 2 rings (SSSR count). The molecule has 0 aliphatic heterocycles. The van der Waals surface area contributed by atoms with Crippen molar-refractivity contribution < 1.29 is 4.74 Å². The average Bonchev–Trinajstić information content (AvgIpc) is 2.69. The Morgan fingerprint density at radius 3 is 2.00 bits per heavy atom. The van der Waals surface area contributed by atoms with Crippen molar-refractivity contribution in [1.82, 2.24) is 0 Å². The first-order valence-corrected chi connectivity index (χ1v) is 11.6. The molecule has 1 nitrogen and oxygen atoms in total. The highest BCUT2D eigenvalue weighted by molar-refractivity contribution is 5.29. The van der Waals surface area contributed by atoms with Crippen LogP contribution in [0.1, 0.15) is 115 Å². The van der Waals surface area contributed by atoms with E-state index < -0.39 is 0 Å². The SMILES string of the molecule is CCCCCCCC1CCC(c2ccc(OCCCCCC)cc2)CC1. The van der Waals surface area contributed by atoms with Crippen LogP contribution < -0.4 is 4.74 Å². The number of benzene rings is 1. The second-order valence-electron chi connectivity index (χ2n) is 8.40. The minimum absolute atomic E-state index is 0.782. The van der Waals surface area contributed by atoms with Crippen LogP contribution in [0.15, 0.2) is 24.3 Å². The molecule has 0 N–H and O–H groups in total. The molecule has 0 atom stereocenters. The highest BCUT2D eigenvalue weighted by atomic mass is 16.5. The third kappa shape index (κ3) is 8.14. The molecule has 1 aliphatic rings. The fourth-order valence-electron chi connectivity index (χ4n) is 4.38. The monoisotopic (exact) mass is 358 g/mol. The summed E-state index contributed by atoms with van der Waals surface area (Å²) in [7, 11) is 0. The van der Waals surface area contributed by atoms with E-state index in [1.54, 1.807) is 0 Å². The molecule has 1 aromatic rings. The zero-order chi connectivity index (χ0) is 18.5. The van der Waals surface area contributed by atoms with Gasteiger partial charge in [0.15, 0.2) is 0 Å². The van der Waals surface area contributed by atoms with E-state index in [2.05, 4.69) is 38.1 Å². The lowest BCUT2D eigenvalue weighted by molar-refractivity contribution is 0.299. The molecule has 1 heteroatoms. The Labute approximate surface area is 162 Å². The van der Waals surface area contributed by atoms with Gasteiger partial charge in [0.1, 0.15) is 5.75 Å². The molecule has 0 heterocycles. The van der Waals surface area contributed by atoms with Crippen molar-refractivity contribution in [1.29, 1.82) is 0 Å². The number of ether oxygens (including phenoxy) is 1. The lowest BCUT2D eigenvalue weighted by atomic mass is 9.77. The maximum atomic E-state index is 5.88. The summed E-state index contributed by atoms with van der Waals surface area (Å²) in [5.41, 5.74) is 1.53. The predicted molar refractivity (Wildman–Crippen MR) is 114 cm³/mol. The van der Waals surface area contributed by atoms with Gasteiger partial charge in [0.25, 0.3) is 0 Å². The van der Waals surface area contributed by atoms with Gasteiger partial charge in [-0.3, -0.25) is 0 Å². The number of hydrogen-bond acceptors (Lipinski definition) is 1. The normalized spacial score (nSPS) is 20.2. The summed E-state index contributed by atoms with van der Waals surface area (Å²) in [6, 6.07) is 9.01. The topological polar surface area (TPSA) is 9.23 Å². The maximum absolute atomic E-state index is 5.88. The lowest BCUT2D eigenvalue weighted by Crippen LogP contribution is -2.13. The minimum atomic E-state index is 0.782. The largest absolute Gasteiger partial charge is 0.494 e. The quantitative estimate of drug-likeness (QED) is 0.322. The Hall–Kier alpha value is -0.980. The zero-order valence-corrected chi connectivity index (χ0v) is 17.5. The summed E-state index contributed by atoms with van der Waals surface area (Å²) < 4.78 is 5.88. The third-order valence-electron chi connectivity index (χ3n) is 6.18. The molecule has 148 valence electrons. The Balaban J connectivity index is 1.62. The first-order valence-electron chi connectivity index (χ1n) is 11.6. The van der Waals surface area contributed by atoms with Crippen molar-refractivity contribution >= 4 is 0 Å². The fraction of sp³-hybridized carbons (Fsp3) is 0.760. The van der Waals surface area contributed by atoms with Crippen molar-refractivity contribution in [3.05, 3.63) is 29.8 Å². The van der Waals surface area contributed by atoms with Crippen LogP contribution in [-0.2, 0) is 0 Å². The average molecular weight is 359 g/mol. The summed E-state index contributed by atoms with van der Waals surface area (Å²) in [6.07, 6.45) is 19.3. The van der Waals surface area contributed by atoms with Crippen molar-refractivity contribution in [3.63, 3.8) is 0 Å². The van der Waals surface area contributed by atoms with Gasteiger partial charge in [0.2, 0.25) is 0 Å². The van der Waals surface area contributed by atoms with Gasteiger partial charge in [-0.15, -0.1) is 0 Å². The molecule has 0 radical (unpaired) electrons. The van der Waals surface area contributed by atoms with Crippen LogP contribution in [0, 0.1) is 5.92 Å². The van der Waals surface area contributed by atoms with Gasteiger partial charge in [-0.1, -0.05) is 83.8 Å². The van der Waals surface area contributed by atoms with Gasteiger partial charge < -0.3 is 4.74 Å². The molecule has 26 heavy (non-hydrogen) atoms. The lowest BCUT2D eigenvalue weighted by Gasteiger charge is -2.29. The predicted octanol–water partition coefficient (Wildman–Crippen LogP) is 8.28. The Morgan fingerprint density at radius 2 is 1.35 bits per heavy atom. The zero-order valence-electron chi connectivity index (χ0n) is 17.5. The van der Waals surface area contributed by atoms with Crippen molar-refractivity contribution in [2.24, 2.45) is 5.92 Å². The highest BCUT2D eigenvalue weighted by Gasteiger charge is 2.22. The summed E-state index contributed by atoms with van der Waals surface area (Å²) in [5, 5.41) is 0. The van der Waals surface area contributed by atoms with E-state index in [0.717, 1.165) is 24.2 Å². The van der Waals surface area contributed by atoms with Gasteiger partial charge in [-0.25, -0.2) is 0 Å². The molecule has 0 bridgehead atoms. The highest BCUT2D eigenvalue weighted by Crippen LogP contribution is 2.38. The molecule has 0 amide bonds. The Bertz CT molecular complexity index is 442. The summed E-state index contributed by atoms with van der Waals surface area (Å²) in [4.78, 5) is 0. The molecule has 1 fully saturated rings. The summed E-state index contributed by atoms with van der Waals surface area (Å²) in [5.74, 6) is 2.83. The van der Waals surface area contributed by atoms with Crippen molar-refractivity contribution in [2.75, 3.05) is 6.61 Å². The van der Waals surface area contributed by atoms with E-state index in [1.807, 2.05) is 0 Å². The molecule has 1 aliphatic carbocycles. The van der Waals surface area contributed by atoms with Gasteiger partial charge >= 0.3 is 0 Å². The Morgan fingerprint density at radius 1 is 0.731 bits per heavy atom. The number of hydrogen-bond donors (Lipinski definition) is 0. The van der Waals surface area contributed by atoms with Crippen LogP contribution in [0.4, 0.5) is 0 Å².